The Morgan fingerprint density at radius 2 is 1.74 bits per heavy atom. The largest absolute Gasteiger partial charge is 0.495 e. The van der Waals surface area contributed by atoms with Crippen molar-refractivity contribution < 1.29 is 27.5 Å². The van der Waals surface area contributed by atoms with Crippen LogP contribution in [0.1, 0.15) is 25.7 Å². The van der Waals surface area contributed by atoms with Crippen molar-refractivity contribution in [2.75, 3.05) is 23.7 Å². The third kappa shape index (κ3) is 4.74. The van der Waals surface area contributed by atoms with E-state index in [9.17, 15) is 22.8 Å². The van der Waals surface area contributed by atoms with Gasteiger partial charge >= 0.3 is 0 Å². The molecule has 0 spiro atoms. The number of halogens is 1. The predicted molar refractivity (Wildman–Crippen MR) is 126 cm³/mol. The van der Waals surface area contributed by atoms with E-state index >= 15 is 0 Å². The van der Waals surface area contributed by atoms with Gasteiger partial charge in [0, 0.05) is 5.69 Å². The summed E-state index contributed by atoms with van der Waals surface area (Å²) in [6.45, 7) is -0.420. The molecule has 2 aromatic rings. The van der Waals surface area contributed by atoms with Gasteiger partial charge in [0.15, 0.2) is 0 Å². The molecular weight excluding hydrogens is 482 g/mol. The van der Waals surface area contributed by atoms with Gasteiger partial charge in [0.05, 0.1) is 29.7 Å². The summed E-state index contributed by atoms with van der Waals surface area (Å²) in [6, 6.07) is 10.5. The Balaban J connectivity index is 1.51. The second-order valence-electron chi connectivity index (χ2n) is 8.26. The molecule has 2 N–H and O–H groups in total. The minimum absolute atomic E-state index is 0.0616. The average Bonchev–Trinajstić information content (AvgIpc) is 3.05. The number of imide groups is 1. The fraction of sp³-hybridized carbons (Fsp3) is 0.348. The molecule has 1 aliphatic carbocycles. The first kappa shape index (κ1) is 24.0. The van der Waals surface area contributed by atoms with E-state index < -0.39 is 22.5 Å². The SMILES string of the molecule is COc1ccc(NC(=O)CN2C(=O)[C@H]3CCCC[C@@H]3C2=O)cc1S(=O)(=O)Nc1ccccc1Cl. The standard InChI is InChI=1S/C23H24ClN3O6S/c1-33-19-11-10-14(12-20(19)34(31,32)26-18-9-5-4-8-17(18)24)25-21(28)13-27-22(29)15-6-2-3-7-16(15)23(27)30/h4-5,8-12,15-16,26H,2-3,6-7,13H2,1H3,(H,25,28)/t15-,16-/m0/s1. The normalized spacial score (nSPS) is 20.1. The summed E-state index contributed by atoms with van der Waals surface area (Å²) in [5.41, 5.74) is 0.357. The number of nitrogens with zero attached hydrogens (tertiary/aromatic N) is 1. The molecule has 2 aliphatic rings. The zero-order valence-corrected chi connectivity index (χ0v) is 20.0. The lowest BCUT2D eigenvalue weighted by molar-refractivity contribution is -0.142. The van der Waals surface area contributed by atoms with E-state index in [1.807, 2.05) is 0 Å². The minimum atomic E-state index is -4.12. The highest BCUT2D eigenvalue weighted by molar-refractivity contribution is 7.92. The van der Waals surface area contributed by atoms with Gasteiger partial charge in [-0.05, 0) is 43.2 Å². The molecule has 1 aliphatic heterocycles. The van der Waals surface area contributed by atoms with Gasteiger partial charge in [0.1, 0.15) is 17.2 Å². The second-order valence-corrected chi connectivity index (χ2v) is 10.3. The fourth-order valence-electron chi connectivity index (χ4n) is 4.44. The van der Waals surface area contributed by atoms with Gasteiger partial charge in [0.2, 0.25) is 17.7 Å². The Kier molecular flexibility index (Phi) is 6.81. The fourth-order valence-corrected chi connectivity index (χ4v) is 5.95. The highest BCUT2D eigenvalue weighted by Crippen LogP contribution is 2.38. The molecule has 1 heterocycles. The maximum Gasteiger partial charge on any atom is 0.265 e. The first-order valence-electron chi connectivity index (χ1n) is 10.8. The molecule has 4 rings (SSSR count). The van der Waals surface area contributed by atoms with Crippen molar-refractivity contribution in [2.24, 2.45) is 11.8 Å². The lowest BCUT2D eigenvalue weighted by Crippen LogP contribution is -2.38. The summed E-state index contributed by atoms with van der Waals surface area (Å²) in [7, 11) is -2.80. The number of sulfonamides is 1. The highest BCUT2D eigenvalue weighted by atomic mass is 35.5. The number of rotatable bonds is 7. The van der Waals surface area contributed by atoms with Gasteiger partial charge in [-0.2, -0.15) is 0 Å². The molecule has 1 saturated carbocycles. The molecule has 0 bridgehead atoms. The van der Waals surface area contributed by atoms with Crippen molar-refractivity contribution >= 4 is 50.7 Å². The molecule has 11 heteroatoms. The number of hydrogen-bond donors (Lipinski definition) is 2. The van der Waals surface area contributed by atoms with Crippen molar-refractivity contribution in [1.82, 2.24) is 4.90 Å². The Hall–Kier alpha value is -3.11. The minimum Gasteiger partial charge on any atom is -0.495 e. The Labute approximate surface area is 202 Å². The summed E-state index contributed by atoms with van der Waals surface area (Å²) < 4.78 is 33.6. The third-order valence-corrected chi connectivity index (χ3v) is 7.81. The Morgan fingerprint density at radius 1 is 1.09 bits per heavy atom. The lowest BCUT2D eigenvalue weighted by atomic mass is 9.81. The van der Waals surface area contributed by atoms with Crippen LogP contribution in [0, 0.1) is 11.8 Å². The maximum absolute atomic E-state index is 13.0. The molecule has 0 unspecified atom stereocenters. The number of carbonyl (C=O) groups excluding carboxylic acids is 3. The number of para-hydroxylation sites is 1. The summed E-state index contributed by atoms with van der Waals surface area (Å²) in [5.74, 6) is -1.86. The highest BCUT2D eigenvalue weighted by Gasteiger charge is 2.48. The van der Waals surface area contributed by atoms with E-state index in [2.05, 4.69) is 10.0 Å². The lowest BCUT2D eigenvalue weighted by Gasteiger charge is -2.19. The monoisotopic (exact) mass is 505 g/mol. The topological polar surface area (TPSA) is 122 Å². The molecule has 1 saturated heterocycles. The molecule has 0 aromatic heterocycles. The van der Waals surface area contributed by atoms with Crippen LogP contribution in [0.25, 0.3) is 0 Å². The van der Waals surface area contributed by atoms with Crippen LogP contribution in [0.15, 0.2) is 47.4 Å². The van der Waals surface area contributed by atoms with Gasteiger partial charge in [0.25, 0.3) is 10.0 Å². The van der Waals surface area contributed by atoms with Crippen LogP contribution in [0.4, 0.5) is 11.4 Å². The zero-order chi connectivity index (χ0) is 24.5. The van der Waals surface area contributed by atoms with E-state index in [1.165, 1.54) is 31.4 Å². The Morgan fingerprint density at radius 3 is 2.35 bits per heavy atom. The van der Waals surface area contributed by atoms with Crippen LogP contribution in [0.2, 0.25) is 5.02 Å². The van der Waals surface area contributed by atoms with Crippen LogP contribution >= 0.6 is 11.6 Å². The molecule has 2 atom stereocenters. The van der Waals surface area contributed by atoms with Crippen LogP contribution in [-0.4, -0.2) is 44.7 Å². The summed E-state index contributed by atoms with van der Waals surface area (Å²) >= 11 is 6.07. The van der Waals surface area contributed by atoms with Gasteiger partial charge in [-0.3, -0.25) is 24.0 Å². The number of ether oxygens (including phenoxy) is 1. The molecular formula is C23H24ClN3O6S. The molecule has 9 nitrogen and oxygen atoms in total. The Bertz CT molecular complexity index is 1230. The number of methoxy groups -OCH3 is 1. The smallest absolute Gasteiger partial charge is 0.265 e. The predicted octanol–water partition coefficient (Wildman–Crippen LogP) is 3.26. The number of anilines is 2. The first-order chi connectivity index (χ1) is 16.2. The van der Waals surface area contributed by atoms with Crippen LogP contribution < -0.4 is 14.8 Å². The quantitative estimate of drug-likeness (QED) is 0.557. The van der Waals surface area contributed by atoms with Gasteiger partial charge in [-0.25, -0.2) is 8.42 Å². The van der Waals surface area contributed by atoms with E-state index in [0.717, 1.165) is 17.7 Å². The molecule has 3 amide bonds. The van der Waals surface area contributed by atoms with Gasteiger partial charge < -0.3 is 10.1 Å². The first-order valence-corrected chi connectivity index (χ1v) is 12.7. The van der Waals surface area contributed by atoms with Crippen molar-refractivity contribution in [3.05, 3.63) is 47.5 Å². The maximum atomic E-state index is 13.0. The zero-order valence-electron chi connectivity index (χ0n) is 18.4. The van der Waals surface area contributed by atoms with Crippen molar-refractivity contribution in [1.29, 1.82) is 0 Å². The van der Waals surface area contributed by atoms with Gasteiger partial charge in [-0.15, -0.1) is 0 Å². The summed E-state index contributed by atoms with van der Waals surface area (Å²) in [6.07, 6.45) is 3.11. The number of amides is 3. The molecule has 2 aromatic carbocycles. The van der Waals surface area contributed by atoms with Gasteiger partial charge in [-0.1, -0.05) is 36.6 Å². The van der Waals surface area contributed by atoms with Crippen LogP contribution in [0.3, 0.4) is 0 Å². The van der Waals surface area contributed by atoms with E-state index in [1.54, 1.807) is 18.2 Å². The van der Waals surface area contributed by atoms with Crippen molar-refractivity contribution in [2.45, 2.75) is 30.6 Å². The number of fused-ring (bicyclic) bond motifs is 1. The molecule has 180 valence electrons. The van der Waals surface area contributed by atoms with Crippen molar-refractivity contribution in [3.8, 4) is 5.75 Å². The number of benzene rings is 2. The number of hydrogen-bond acceptors (Lipinski definition) is 6. The molecule has 34 heavy (non-hydrogen) atoms. The number of carbonyl (C=O) groups is 3. The van der Waals surface area contributed by atoms with E-state index in [-0.39, 0.29) is 50.7 Å². The number of nitrogens with one attached hydrogen (secondary N) is 2. The number of likely N-dealkylation sites (tertiary alicyclic amines) is 1. The summed E-state index contributed by atoms with van der Waals surface area (Å²) in [5, 5.41) is 2.79. The van der Waals surface area contributed by atoms with Crippen LogP contribution in [0.5, 0.6) is 5.75 Å². The van der Waals surface area contributed by atoms with Crippen LogP contribution in [-0.2, 0) is 24.4 Å². The second kappa shape index (κ2) is 9.63. The average molecular weight is 506 g/mol. The summed E-state index contributed by atoms with van der Waals surface area (Å²) in [4.78, 5) is 38.7. The molecule has 2 fully saturated rings. The van der Waals surface area contributed by atoms with Crippen molar-refractivity contribution in [3.63, 3.8) is 0 Å². The van der Waals surface area contributed by atoms with E-state index in [0.29, 0.717) is 12.8 Å². The third-order valence-electron chi connectivity index (χ3n) is 6.09. The van der Waals surface area contributed by atoms with E-state index in [4.69, 9.17) is 16.3 Å². The molecule has 0 radical (unpaired) electrons.